The Kier molecular flexibility index (Phi) is 2.27. The lowest BCUT2D eigenvalue weighted by atomic mass is 10.1. The zero-order valence-electron chi connectivity index (χ0n) is 8.96. The Morgan fingerprint density at radius 2 is 2.25 bits per heavy atom. The molecule has 0 spiro atoms. The zero-order chi connectivity index (χ0) is 11.0. The number of hydrogen-bond donors (Lipinski definition) is 2. The first-order chi connectivity index (χ1) is 7.84. The van der Waals surface area contributed by atoms with Crippen LogP contribution >= 0.6 is 0 Å². The van der Waals surface area contributed by atoms with Crippen LogP contribution in [0.1, 0.15) is 18.4 Å². The van der Waals surface area contributed by atoms with Crippen LogP contribution in [0.3, 0.4) is 0 Å². The Bertz CT molecular complexity index is 438. The fourth-order valence-corrected chi connectivity index (χ4v) is 1.90. The summed E-state index contributed by atoms with van der Waals surface area (Å²) in [5.41, 5.74) is 1.45. The average molecular weight is 219 g/mol. The second-order valence-corrected chi connectivity index (χ2v) is 4.24. The van der Waals surface area contributed by atoms with Crippen LogP contribution in [0.25, 0.3) is 0 Å². The molecule has 2 aliphatic rings. The van der Waals surface area contributed by atoms with Crippen LogP contribution in [0.2, 0.25) is 0 Å². The first-order valence-electron chi connectivity index (χ1n) is 5.68. The molecule has 4 heteroatoms. The molecule has 0 radical (unpaired) electrons. The number of aliphatic imine (C=N–C) groups is 1. The number of rotatable bonds is 3. The smallest absolute Gasteiger partial charge is 0.136 e. The third-order valence-corrected chi connectivity index (χ3v) is 2.86. The SMILES string of the molecule is Fc1cccc(NC2CC2)c1C1=NCCN1. The summed E-state index contributed by atoms with van der Waals surface area (Å²) in [6.45, 7) is 1.53. The maximum atomic E-state index is 13.8. The van der Waals surface area contributed by atoms with E-state index in [9.17, 15) is 4.39 Å². The van der Waals surface area contributed by atoms with E-state index in [0.29, 0.717) is 17.4 Å². The third kappa shape index (κ3) is 1.75. The highest BCUT2D eigenvalue weighted by molar-refractivity contribution is 6.04. The van der Waals surface area contributed by atoms with Crippen molar-refractivity contribution in [3.63, 3.8) is 0 Å². The van der Waals surface area contributed by atoms with Crippen molar-refractivity contribution in [3.05, 3.63) is 29.6 Å². The van der Waals surface area contributed by atoms with Gasteiger partial charge in [-0.25, -0.2) is 4.39 Å². The number of hydrogen-bond acceptors (Lipinski definition) is 3. The molecule has 0 unspecified atom stereocenters. The summed E-state index contributed by atoms with van der Waals surface area (Å²) in [6.07, 6.45) is 2.35. The molecule has 1 aromatic rings. The van der Waals surface area contributed by atoms with Crippen LogP contribution in [-0.2, 0) is 0 Å². The van der Waals surface area contributed by atoms with Crippen molar-refractivity contribution in [1.29, 1.82) is 0 Å². The first kappa shape index (κ1) is 9.63. The molecule has 1 aliphatic carbocycles. The van der Waals surface area contributed by atoms with Crippen molar-refractivity contribution in [2.45, 2.75) is 18.9 Å². The van der Waals surface area contributed by atoms with Crippen molar-refractivity contribution in [2.24, 2.45) is 4.99 Å². The highest BCUT2D eigenvalue weighted by Crippen LogP contribution is 2.28. The molecule has 1 fully saturated rings. The molecule has 0 bridgehead atoms. The van der Waals surface area contributed by atoms with Gasteiger partial charge in [0.05, 0.1) is 12.1 Å². The molecule has 3 rings (SSSR count). The fourth-order valence-electron chi connectivity index (χ4n) is 1.90. The summed E-state index contributed by atoms with van der Waals surface area (Å²) in [7, 11) is 0. The van der Waals surface area contributed by atoms with E-state index in [0.717, 1.165) is 18.8 Å². The molecule has 0 aromatic heterocycles. The highest BCUT2D eigenvalue weighted by Gasteiger charge is 2.24. The maximum absolute atomic E-state index is 13.8. The van der Waals surface area contributed by atoms with Crippen LogP contribution in [0.15, 0.2) is 23.2 Å². The van der Waals surface area contributed by atoms with E-state index in [1.807, 2.05) is 6.07 Å². The van der Waals surface area contributed by atoms with Gasteiger partial charge < -0.3 is 10.6 Å². The Balaban J connectivity index is 1.98. The minimum atomic E-state index is -0.209. The van der Waals surface area contributed by atoms with Gasteiger partial charge in [-0.15, -0.1) is 0 Å². The summed E-state index contributed by atoms with van der Waals surface area (Å²) in [6, 6.07) is 5.65. The average Bonchev–Trinajstić information content (AvgIpc) is 2.93. The molecule has 84 valence electrons. The van der Waals surface area contributed by atoms with E-state index >= 15 is 0 Å². The van der Waals surface area contributed by atoms with Crippen molar-refractivity contribution in [2.75, 3.05) is 18.4 Å². The van der Waals surface area contributed by atoms with Gasteiger partial charge in [0, 0.05) is 18.3 Å². The lowest BCUT2D eigenvalue weighted by Gasteiger charge is -2.12. The summed E-state index contributed by atoms with van der Waals surface area (Å²) < 4.78 is 13.8. The summed E-state index contributed by atoms with van der Waals surface area (Å²) in [5, 5.41) is 6.46. The molecular formula is C12H14FN3. The van der Waals surface area contributed by atoms with Crippen molar-refractivity contribution < 1.29 is 4.39 Å². The molecule has 2 N–H and O–H groups in total. The molecule has 16 heavy (non-hydrogen) atoms. The number of amidine groups is 1. The Morgan fingerprint density at radius 3 is 2.94 bits per heavy atom. The lowest BCUT2D eigenvalue weighted by Crippen LogP contribution is -2.22. The van der Waals surface area contributed by atoms with Gasteiger partial charge >= 0.3 is 0 Å². The van der Waals surface area contributed by atoms with E-state index in [2.05, 4.69) is 15.6 Å². The largest absolute Gasteiger partial charge is 0.382 e. The minimum Gasteiger partial charge on any atom is -0.382 e. The topological polar surface area (TPSA) is 36.4 Å². The van der Waals surface area contributed by atoms with Gasteiger partial charge in [-0.3, -0.25) is 4.99 Å². The Morgan fingerprint density at radius 1 is 1.38 bits per heavy atom. The van der Waals surface area contributed by atoms with Gasteiger partial charge in [0.25, 0.3) is 0 Å². The summed E-state index contributed by atoms with van der Waals surface area (Å²) >= 11 is 0. The first-order valence-corrected chi connectivity index (χ1v) is 5.68. The monoisotopic (exact) mass is 219 g/mol. The molecule has 1 saturated carbocycles. The number of halogens is 1. The van der Waals surface area contributed by atoms with Crippen LogP contribution in [0, 0.1) is 5.82 Å². The lowest BCUT2D eigenvalue weighted by molar-refractivity contribution is 0.625. The minimum absolute atomic E-state index is 0.209. The van der Waals surface area contributed by atoms with E-state index in [1.165, 1.54) is 18.9 Å². The Labute approximate surface area is 93.8 Å². The predicted octanol–water partition coefficient (Wildman–Crippen LogP) is 1.75. The molecule has 3 nitrogen and oxygen atoms in total. The number of benzene rings is 1. The number of nitrogens with zero attached hydrogens (tertiary/aromatic N) is 1. The van der Waals surface area contributed by atoms with Gasteiger partial charge in [0.2, 0.25) is 0 Å². The molecule has 0 saturated heterocycles. The molecule has 1 aromatic carbocycles. The quantitative estimate of drug-likeness (QED) is 0.812. The molecule has 1 heterocycles. The van der Waals surface area contributed by atoms with Crippen molar-refractivity contribution in [1.82, 2.24) is 5.32 Å². The van der Waals surface area contributed by atoms with Crippen LogP contribution in [-0.4, -0.2) is 25.0 Å². The van der Waals surface area contributed by atoms with E-state index in [-0.39, 0.29) is 5.82 Å². The number of anilines is 1. The van der Waals surface area contributed by atoms with Crippen molar-refractivity contribution in [3.8, 4) is 0 Å². The Hall–Kier alpha value is -1.58. The molecule has 0 amide bonds. The molecular weight excluding hydrogens is 205 g/mol. The van der Waals surface area contributed by atoms with Gasteiger partial charge in [0.1, 0.15) is 11.7 Å². The summed E-state index contributed by atoms with van der Waals surface area (Å²) in [5.74, 6) is 0.472. The normalized spacial score (nSPS) is 19.2. The predicted molar refractivity (Wildman–Crippen MR) is 62.5 cm³/mol. The maximum Gasteiger partial charge on any atom is 0.136 e. The van der Waals surface area contributed by atoms with Crippen LogP contribution < -0.4 is 10.6 Å². The number of nitrogens with one attached hydrogen (secondary N) is 2. The zero-order valence-corrected chi connectivity index (χ0v) is 8.96. The van der Waals surface area contributed by atoms with Gasteiger partial charge in [-0.1, -0.05) is 6.07 Å². The van der Waals surface area contributed by atoms with Gasteiger partial charge in [-0.2, -0.15) is 0 Å². The highest BCUT2D eigenvalue weighted by atomic mass is 19.1. The fraction of sp³-hybridized carbons (Fsp3) is 0.417. The molecule has 1 aliphatic heterocycles. The van der Waals surface area contributed by atoms with E-state index in [4.69, 9.17) is 0 Å². The van der Waals surface area contributed by atoms with E-state index in [1.54, 1.807) is 6.07 Å². The van der Waals surface area contributed by atoms with Gasteiger partial charge in [0.15, 0.2) is 0 Å². The van der Waals surface area contributed by atoms with Crippen molar-refractivity contribution >= 4 is 11.5 Å². The van der Waals surface area contributed by atoms with Crippen LogP contribution in [0.4, 0.5) is 10.1 Å². The van der Waals surface area contributed by atoms with E-state index < -0.39 is 0 Å². The second-order valence-electron chi connectivity index (χ2n) is 4.24. The third-order valence-electron chi connectivity index (χ3n) is 2.86. The molecule has 0 atom stereocenters. The van der Waals surface area contributed by atoms with Crippen LogP contribution in [0.5, 0.6) is 0 Å². The summed E-state index contributed by atoms with van der Waals surface area (Å²) in [4.78, 5) is 4.28. The standard InChI is InChI=1S/C12H14FN3/c13-9-2-1-3-10(16-8-4-5-8)11(9)12-14-6-7-15-12/h1-3,8,16H,4-7H2,(H,14,15). The van der Waals surface area contributed by atoms with Gasteiger partial charge in [-0.05, 0) is 25.0 Å². The second kappa shape index (κ2) is 3.77.